The average Bonchev–Trinajstić information content (AvgIpc) is 3.50. The van der Waals surface area contributed by atoms with E-state index in [9.17, 15) is 4.79 Å². The zero-order valence-electron chi connectivity index (χ0n) is 17.3. The molecule has 2 bridgehead atoms. The van der Waals surface area contributed by atoms with Crippen LogP contribution in [0.3, 0.4) is 0 Å². The maximum Gasteiger partial charge on any atom is 0.235 e. The van der Waals surface area contributed by atoms with Crippen molar-refractivity contribution in [1.29, 1.82) is 0 Å². The van der Waals surface area contributed by atoms with E-state index < -0.39 is 17.3 Å². The maximum atomic E-state index is 15.2. The van der Waals surface area contributed by atoms with E-state index in [-0.39, 0.29) is 24.6 Å². The lowest BCUT2D eigenvalue weighted by Gasteiger charge is -2.61. The largest absolute Gasteiger partial charge is 0.493 e. The predicted octanol–water partition coefficient (Wildman–Crippen LogP) is 2.80. The number of carbonyl (C=O) groups is 1. The van der Waals surface area contributed by atoms with Crippen LogP contribution in [0.4, 0.5) is 4.39 Å². The maximum absolute atomic E-state index is 15.2. The van der Waals surface area contributed by atoms with Gasteiger partial charge in [-0.1, -0.05) is 0 Å². The molecule has 2 heterocycles. The van der Waals surface area contributed by atoms with Crippen molar-refractivity contribution >= 4 is 11.9 Å². The minimum atomic E-state index is -1.14. The molecular weight excluding hydrogens is 385 g/mol. The lowest BCUT2D eigenvalue weighted by atomic mass is 9.45. The van der Waals surface area contributed by atoms with Crippen molar-refractivity contribution in [3.8, 4) is 5.75 Å². The number of halogens is 1. The van der Waals surface area contributed by atoms with Crippen LogP contribution in [0.2, 0.25) is 0 Å². The first-order valence-corrected chi connectivity index (χ1v) is 11.1. The Bertz CT molecular complexity index is 929. The van der Waals surface area contributed by atoms with Gasteiger partial charge >= 0.3 is 0 Å². The summed E-state index contributed by atoms with van der Waals surface area (Å²) in [6.45, 7) is 0.823. The van der Waals surface area contributed by atoms with Gasteiger partial charge in [-0.25, -0.2) is 9.38 Å². The van der Waals surface area contributed by atoms with E-state index in [4.69, 9.17) is 15.2 Å². The highest BCUT2D eigenvalue weighted by molar-refractivity contribution is 6.00. The summed E-state index contributed by atoms with van der Waals surface area (Å²) in [6.07, 6.45) is 6.54. The number of carbonyl (C=O) groups excluding carboxylic acids is 1. The van der Waals surface area contributed by atoms with Crippen LogP contribution in [0.15, 0.2) is 23.2 Å². The predicted molar refractivity (Wildman–Crippen MR) is 108 cm³/mol. The molecule has 1 amide bonds. The molecule has 30 heavy (non-hydrogen) atoms. The summed E-state index contributed by atoms with van der Waals surface area (Å²) in [5, 5.41) is 0. The average molecular weight is 413 g/mol. The van der Waals surface area contributed by atoms with Crippen LogP contribution >= 0.6 is 0 Å². The summed E-state index contributed by atoms with van der Waals surface area (Å²) in [5.41, 5.74) is 5.62. The van der Waals surface area contributed by atoms with Gasteiger partial charge in [-0.05, 0) is 68.6 Å². The highest BCUT2D eigenvalue weighted by Crippen LogP contribution is 2.64. The molecule has 2 aliphatic heterocycles. The molecule has 7 rings (SSSR count). The smallest absolute Gasteiger partial charge is 0.235 e. The van der Waals surface area contributed by atoms with Crippen molar-refractivity contribution in [3.05, 3.63) is 29.6 Å². The fourth-order valence-corrected chi connectivity index (χ4v) is 5.99. The van der Waals surface area contributed by atoms with E-state index >= 15 is 4.39 Å². The van der Waals surface area contributed by atoms with Crippen molar-refractivity contribution in [2.24, 2.45) is 33.9 Å². The van der Waals surface area contributed by atoms with Crippen molar-refractivity contribution in [1.82, 2.24) is 4.90 Å². The van der Waals surface area contributed by atoms with Gasteiger partial charge in [0, 0.05) is 18.0 Å². The fourth-order valence-electron chi connectivity index (χ4n) is 5.99. The van der Waals surface area contributed by atoms with Crippen LogP contribution in [0.5, 0.6) is 5.75 Å². The number of nitrogens with two attached hydrogens (primary N) is 1. The lowest BCUT2D eigenvalue weighted by molar-refractivity contribution is -0.146. The Morgan fingerprint density at radius 1 is 1.33 bits per heavy atom. The molecule has 4 saturated carbocycles. The SMILES string of the molecule is CN1C(=O)[C@@H]2C[C@H](C3CC3)OC[C@]2(c2cc(OCC34CC(C3)C4)ccc2F)N=C1N. The first-order valence-electron chi connectivity index (χ1n) is 11.1. The number of hydrogen-bond donors (Lipinski definition) is 1. The van der Waals surface area contributed by atoms with Gasteiger partial charge < -0.3 is 15.2 Å². The number of hydrogen-bond acceptors (Lipinski definition) is 5. The van der Waals surface area contributed by atoms with E-state index in [0.29, 0.717) is 35.7 Å². The zero-order chi connectivity index (χ0) is 20.7. The fraction of sp³-hybridized carbons (Fsp3) is 0.652. The lowest BCUT2D eigenvalue weighted by Crippen LogP contribution is -2.60. The summed E-state index contributed by atoms with van der Waals surface area (Å²) < 4.78 is 27.4. The topological polar surface area (TPSA) is 77.2 Å². The van der Waals surface area contributed by atoms with Crippen LogP contribution < -0.4 is 10.5 Å². The van der Waals surface area contributed by atoms with Crippen LogP contribution in [0.25, 0.3) is 0 Å². The van der Waals surface area contributed by atoms with E-state index in [1.54, 1.807) is 19.2 Å². The Morgan fingerprint density at radius 3 is 2.77 bits per heavy atom. The standard InChI is InChI=1S/C23H28FN3O3/c1-27-20(28)17-7-19(14-2-3-14)30-12-23(17,26-21(27)25)16-6-15(4-5-18(16)24)29-11-22-8-13(9-22)10-22/h4-6,13-14,17,19H,2-3,7-12H2,1H3,(H2,25,26)/t13?,17-,19+,22?,23+/m0/s1. The van der Waals surface area contributed by atoms with Gasteiger partial charge in [-0.3, -0.25) is 9.69 Å². The van der Waals surface area contributed by atoms with Crippen LogP contribution in [-0.4, -0.2) is 43.1 Å². The normalized spacial score (nSPS) is 39.5. The third kappa shape index (κ3) is 2.63. The number of ether oxygens (including phenoxy) is 2. The van der Waals surface area contributed by atoms with Gasteiger partial charge in [0.15, 0.2) is 5.96 Å². The Morgan fingerprint density at radius 2 is 2.10 bits per heavy atom. The summed E-state index contributed by atoms with van der Waals surface area (Å²) in [7, 11) is 1.63. The Balaban J connectivity index is 1.35. The minimum Gasteiger partial charge on any atom is -0.493 e. The molecular formula is C23H28FN3O3. The minimum absolute atomic E-state index is 0.0294. The van der Waals surface area contributed by atoms with Crippen LogP contribution in [0.1, 0.15) is 44.1 Å². The quantitative estimate of drug-likeness (QED) is 0.805. The molecule has 0 spiro atoms. The van der Waals surface area contributed by atoms with Crippen molar-refractivity contribution in [2.45, 2.75) is 50.2 Å². The Hall–Kier alpha value is -2.15. The van der Waals surface area contributed by atoms with E-state index in [1.807, 2.05) is 0 Å². The summed E-state index contributed by atoms with van der Waals surface area (Å²) in [5.74, 6) is 1.10. The zero-order valence-corrected chi connectivity index (χ0v) is 17.3. The highest BCUT2D eigenvalue weighted by atomic mass is 19.1. The van der Waals surface area contributed by atoms with Crippen molar-refractivity contribution < 1.29 is 18.7 Å². The molecule has 0 aromatic heterocycles. The summed E-state index contributed by atoms with van der Waals surface area (Å²) in [4.78, 5) is 19.3. The molecule has 160 valence electrons. The second kappa shape index (κ2) is 6.19. The molecule has 0 unspecified atom stereocenters. The highest BCUT2D eigenvalue weighted by Gasteiger charge is 2.58. The molecule has 1 aromatic carbocycles. The van der Waals surface area contributed by atoms with Gasteiger partial charge in [-0.15, -0.1) is 0 Å². The number of amides is 1. The molecule has 6 aliphatic rings. The van der Waals surface area contributed by atoms with Crippen molar-refractivity contribution in [3.63, 3.8) is 0 Å². The third-order valence-corrected chi connectivity index (χ3v) is 8.11. The van der Waals surface area contributed by atoms with Gasteiger partial charge in [0.2, 0.25) is 5.91 Å². The first-order chi connectivity index (χ1) is 14.4. The molecule has 4 aliphatic carbocycles. The van der Waals surface area contributed by atoms with E-state index in [1.165, 1.54) is 30.2 Å². The van der Waals surface area contributed by atoms with Crippen molar-refractivity contribution in [2.75, 3.05) is 20.3 Å². The molecule has 2 N–H and O–H groups in total. The number of benzene rings is 1. The van der Waals surface area contributed by atoms with Crippen LogP contribution in [0, 0.1) is 29.0 Å². The molecule has 7 heteroatoms. The molecule has 1 saturated heterocycles. The molecule has 5 fully saturated rings. The Kier molecular flexibility index (Phi) is 3.84. The number of rotatable bonds is 5. The number of aliphatic imine (C=N–C) groups is 1. The third-order valence-electron chi connectivity index (χ3n) is 8.11. The molecule has 1 aromatic rings. The van der Waals surface area contributed by atoms with E-state index in [0.717, 1.165) is 18.8 Å². The number of guanidine groups is 1. The summed E-state index contributed by atoms with van der Waals surface area (Å²) in [6, 6.07) is 4.79. The molecule has 6 nitrogen and oxygen atoms in total. The molecule has 3 atom stereocenters. The Labute approximate surface area is 175 Å². The van der Waals surface area contributed by atoms with Gasteiger partial charge in [-0.2, -0.15) is 0 Å². The second-order valence-electron chi connectivity index (χ2n) is 10.2. The monoisotopic (exact) mass is 413 g/mol. The second-order valence-corrected chi connectivity index (χ2v) is 10.2. The van der Waals surface area contributed by atoms with Gasteiger partial charge in [0.25, 0.3) is 0 Å². The van der Waals surface area contributed by atoms with E-state index in [2.05, 4.69) is 4.99 Å². The van der Waals surface area contributed by atoms with Crippen LogP contribution in [-0.2, 0) is 15.1 Å². The first kappa shape index (κ1) is 18.6. The number of fused-ring (bicyclic) bond motifs is 1. The number of nitrogens with zero attached hydrogens (tertiary/aromatic N) is 2. The van der Waals surface area contributed by atoms with Gasteiger partial charge in [0.1, 0.15) is 17.1 Å². The summed E-state index contributed by atoms with van der Waals surface area (Å²) >= 11 is 0. The van der Waals surface area contributed by atoms with Gasteiger partial charge in [0.05, 0.1) is 25.2 Å². The molecule has 0 radical (unpaired) electrons.